The Labute approximate surface area is 114 Å². The molecule has 1 saturated heterocycles. The summed E-state index contributed by atoms with van der Waals surface area (Å²) in [6, 6.07) is -0.166. The van der Waals surface area contributed by atoms with Crippen LogP contribution in [0.25, 0.3) is 0 Å². The molecule has 0 atom stereocenters. The molecule has 1 rings (SSSR count). The summed E-state index contributed by atoms with van der Waals surface area (Å²) in [5.41, 5.74) is 5.31. The van der Waals surface area contributed by atoms with Gasteiger partial charge in [-0.1, -0.05) is 25.6 Å². The van der Waals surface area contributed by atoms with Crippen LogP contribution >= 0.6 is 12.2 Å². The minimum atomic E-state index is -0.516. The van der Waals surface area contributed by atoms with Crippen LogP contribution in [0.4, 0.5) is 4.79 Å². The molecule has 0 aromatic rings. The molecule has 1 heterocycles. The van der Waals surface area contributed by atoms with E-state index in [2.05, 4.69) is 29.5 Å². The van der Waals surface area contributed by atoms with Crippen molar-refractivity contribution < 1.29 is 4.79 Å². The number of unbranched alkanes of at least 4 members (excludes halogenated alkanes) is 1. The quantitative estimate of drug-likeness (QED) is 0.512. The number of nitrogens with one attached hydrogen (secondary N) is 2. The van der Waals surface area contributed by atoms with Gasteiger partial charge in [-0.3, -0.25) is 0 Å². The van der Waals surface area contributed by atoms with Crippen molar-refractivity contribution in [3.8, 4) is 0 Å². The molecule has 104 valence electrons. The topological polar surface area (TPSA) is 70.4 Å². The lowest BCUT2D eigenvalue weighted by atomic mass is 9.87. The van der Waals surface area contributed by atoms with Crippen molar-refractivity contribution in [1.29, 1.82) is 0 Å². The van der Waals surface area contributed by atoms with Gasteiger partial charge in [0.25, 0.3) is 0 Å². The van der Waals surface area contributed by atoms with Gasteiger partial charge in [0, 0.05) is 19.6 Å². The monoisotopic (exact) mass is 272 g/mol. The van der Waals surface area contributed by atoms with Gasteiger partial charge in [0.15, 0.2) is 0 Å². The largest absolute Gasteiger partial charge is 0.391 e. The number of rotatable bonds is 5. The van der Waals surface area contributed by atoms with Crippen LogP contribution in [0.3, 0.4) is 0 Å². The maximum atomic E-state index is 11.8. The van der Waals surface area contributed by atoms with Crippen LogP contribution in [-0.2, 0) is 0 Å². The van der Waals surface area contributed by atoms with E-state index in [1.807, 2.05) is 0 Å². The number of hydrogen-bond donors (Lipinski definition) is 3. The number of carbonyl (C=O) groups excluding carboxylic acids is 1. The molecule has 0 aromatic carbocycles. The summed E-state index contributed by atoms with van der Waals surface area (Å²) in [5.74, 6) is 0. The Morgan fingerprint density at radius 2 is 2.06 bits per heavy atom. The minimum Gasteiger partial charge on any atom is -0.391 e. The Morgan fingerprint density at radius 1 is 1.44 bits per heavy atom. The Balaban J connectivity index is 2.52. The van der Waals surface area contributed by atoms with Crippen molar-refractivity contribution in [2.45, 2.75) is 38.1 Å². The third-order valence-electron chi connectivity index (χ3n) is 3.48. The maximum Gasteiger partial charge on any atom is 0.315 e. The summed E-state index contributed by atoms with van der Waals surface area (Å²) in [7, 11) is 2.06. The molecule has 2 amide bonds. The fraction of sp³-hybridized carbons (Fsp3) is 0.833. The summed E-state index contributed by atoms with van der Waals surface area (Å²) < 4.78 is 0. The molecular formula is C12H24N4OS. The number of piperidine rings is 1. The Hall–Kier alpha value is -0.880. The van der Waals surface area contributed by atoms with E-state index in [4.69, 9.17) is 18.0 Å². The number of hydrogen-bond acceptors (Lipinski definition) is 3. The molecule has 0 unspecified atom stereocenters. The molecule has 4 N–H and O–H groups in total. The molecular weight excluding hydrogens is 248 g/mol. The second-order valence-corrected chi connectivity index (χ2v) is 5.42. The predicted molar refractivity (Wildman–Crippen MR) is 77.7 cm³/mol. The van der Waals surface area contributed by atoms with Crippen molar-refractivity contribution in [2.24, 2.45) is 5.73 Å². The number of likely N-dealkylation sites (tertiary alicyclic amines) is 1. The highest BCUT2D eigenvalue weighted by molar-refractivity contribution is 7.80. The molecule has 1 fully saturated rings. The van der Waals surface area contributed by atoms with E-state index in [1.165, 1.54) is 0 Å². The average molecular weight is 272 g/mol. The normalized spacial score (nSPS) is 19.2. The molecule has 6 heteroatoms. The lowest BCUT2D eigenvalue weighted by molar-refractivity contribution is 0.194. The first-order valence-electron chi connectivity index (χ1n) is 6.54. The third-order valence-corrected chi connectivity index (χ3v) is 3.87. The van der Waals surface area contributed by atoms with Crippen molar-refractivity contribution in [1.82, 2.24) is 15.5 Å². The van der Waals surface area contributed by atoms with E-state index in [-0.39, 0.29) is 6.03 Å². The van der Waals surface area contributed by atoms with Crippen molar-refractivity contribution in [3.05, 3.63) is 0 Å². The van der Waals surface area contributed by atoms with E-state index < -0.39 is 5.54 Å². The fourth-order valence-electron chi connectivity index (χ4n) is 2.07. The highest BCUT2D eigenvalue weighted by Gasteiger charge is 2.37. The Kier molecular flexibility index (Phi) is 5.81. The van der Waals surface area contributed by atoms with E-state index in [0.29, 0.717) is 11.5 Å². The van der Waals surface area contributed by atoms with Gasteiger partial charge in [0.1, 0.15) is 0 Å². The predicted octanol–water partition coefficient (Wildman–Crippen LogP) is 0.836. The molecule has 1 aliphatic rings. The van der Waals surface area contributed by atoms with E-state index in [1.54, 1.807) is 0 Å². The lowest BCUT2D eigenvalue weighted by Crippen LogP contribution is -2.63. The Bertz CT molecular complexity index is 300. The highest BCUT2D eigenvalue weighted by atomic mass is 32.1. The number of carbonyl (C=O) groups is 1. The summed E-state index contributed by atoms with van der Waals surface area (Å²) in [6.07, 6.45) is 3.60. The van der Waals surface area contributed by atoms with Gasteiger partial charge in [-0.15, -0.1) is 0 Å². The minimum absolute atomic E-state index is 0.166. The van der Waals surface area contributed by atoms with Crippen LogP contribution in [0.1, 0.15) is 32.6 Å². The summed E-state index contributed by atoms with van der Waals surface area (Å²) in [5, 5.41) is 5.81. The second-order valence-electron chi connectivity index (χ2n) is 4.98. The molecule has 0 saturated carbocycles. The van der Waals surface area contributed by atoms with Gasteiger partial charge >= 0.3 is 6.03 Å². The molecule has 5 nitrogen and oxygen atoms in total. The van der Waals surface area contributed by atoms with E-state index in [0.717, 1.165) is 38.8 Å². The van der Waals surface area contributed by atoms with Crippen LogP contribution in [0.15, 0.2) is 0 Å². The van der Waals surface area contributed by atoms with E-state index >= 15 is 0 Å². The first kappa shape index (κ1) is 15.2. The SMILES string of the molecule is CCCCNC(=O)NC1(C(N)=S)CCN(C)CC1. The maximum absolute atomic E-state index is 11.8. The molecule has 0 spiro atoms. The number of thiocarbonyl (C=S) groups is 1. The van der Waals surface area contributed by atoms with Crippen LogP contribution in [0, 0.1) is 0 Å². The first-order chi connectivity index (χ1) is 8.50. The van der Waals surface area contributed by atoms with Gasteiger partial charge in [0.05, 0.1) is 10.5 Å². The summed E-state index contributed by atoms with van der Waals surface area (Å²) in [4.78, 5) is 14.4. The number of nitrogens with zero attached hydrogens (tertiary/aromatic N) is 1. The molecule has 0 bridgehead atoms. The van der Waals surface area contributed by atoms with Crippen molar-refractivity contribution in [3.63, 3.8) is 0 Å². The molecule has 1 aliphatic heterocycles. The van der Waals surface area contributed by atoms with Crippen LogP contribution in [0.2, 0.25) is 0 Å². The van der Waals surface area contributed by atoms with Gasteiger partial charge < -0.3 is 21.3 Å². The average Bonchev–Trinajstić information content (AvgIpc) is 2.32. The zero-order chi connectivity index (χ0) is 13.6. The molecule has 0 radical (unpaired) electrons. The standard InChI is InChI=1S/C12H24N4OS/c1-3-4-7-14-11(17)15-12(10(13)18)5-8-16(2)9-6-12/h3-9H2,1-2H3,(H2,13,18)(H2,14,15,17). The van der Waals surface area contributed by atoms with Gasteiger partial charge in [-0.2, -0.15) is 0 Å². The third kappa shape index (κ3) is 4.10. The Morgan fingerprint density at radius 3 is 2.56 bits per heavy atom. The smallest absolute Gasteiger partial charge is 0.315 e. The highest BCUT2D eigenvalue weighted by Crippen LogP contribution is 2.22. The van der Waals surface area contributed by atoms with Gasteiger partial charge in [-0.05, 0) is 26.3 Å². The molecule has 0 aromatic heterocycles. The zero-order valence-corrected chi connectivity index (χ0v) is 12.1. The number of nitrogens with two attached hydrogens (primary N) is 1. The van der Waals surface area contributed by atoms with Crippen LogP contribution in [-0.4, -0.2) is 48.1 Å². The van der Waals surface area contributed by atoms with Crippen molar-refractivity contribution >= 4 is 23.2 Å². The zero-order valence-electron chi connectivity index (χ0n) is 11.3. The van der Waals surface area contributed by atoms with Crippen molar-refractivity contribution in [2.75, 3.05) is 26.7 Å². The van der Waals surface area contributed by atoms with E-state index in [9.17, 15) is 4.79 Å². The summed E-state index contributed by atoms with van der Waals surface area (Å²) >= 11 is 5.14. The van der Waals surface area contributed by atoms with Gasteiger partial charge in [-0.25, -0.2) is 4.79 Å². The first-order valence-corrected chi connectivity index (χ1v) is 6.95. The molecule has 0 aliphatic carbocycles. The fourth-order valence-corrected chi connectivity index (χ4v) is 2.33. The van der Waals surface area contributed by atoms with Gasteiger partial charge in [0.2, 0.25) is 0 Å². The summed E-state index contributed by atoms with van der Waals surface area (Å²) in [6.45, 7) is 4.57. The number of urea groups is 1. The molecule has 18 heavy (non-hydrogen) atoms. The lowest BCUT2D eigenvalue weighted by Gasteiger charge is -2.40. The van der Waals surface area contributed by atoms with Crippen LogP contribution in [0.5, 0.6) is 0 Å². The number of amides is 2. The van der Waals surface area contributed by atoms with Crippen LogP contribution < -0.4 is 16.4 Å². The second kappa shape index (κ2) is 6.89.